The molecule has 0 aliphatic heterocycles. The second kappa shape index (κ2) is 8.15. The lowest BCUT2D eigenvalue weighted by Gasteiger charge is -2.11. The number of amides is 1. The molecule has 7 nitrogen and oxygen atoms in total. The summed E-state index contributed by atoms with van der Waals surface area (Å²) >= 11 is 0. The normalized spacial score (nSPS) is 10.9. The lowest BCUT2D eigenvalue weighted by Crippen LogP contribution is -2.16. The quantitative estimate of drug-likeness (QED) is 0.573. The molecule has 0 fully saturated rings. The van der Waals surface area contributed by atoms with E-state index in [1.165, 1.54) is 48.5 Å². The molecule has 0 aliphatic rings. The highest BCUT2D eigenvalue weighted by molar-refractivity contribution is 7.92. The van der Waals surface area contributed by atoms with Crippen LogP contribution < -0.4 is 10.0 Å². The Labute approximate surface area is 168 Å². The second-order valence-electron chi connectivity index (χ2n) is 6.30. The molecule has 0 saturated carbocycles. The number of aromatic carboxylic acids is 1. The van der Waals surface area contributed by atoms with Gasteiger partial charge in [-0.05, 0) is 49.4 Å². The van der Waals surface area contributed by atoms with Crippen LogP contribution in [0.15, 0.2) is 77.7 Å². The molecule has 0 bridgehead atoms. The molecule has 0 aliphatic carbocycles. The molecule has 0 saturated heterocycles. The van der Waals surface area contributed by atoms with Gasteiger partial charge in [0.05, 0.1) is 16.1 Å². The average molecular weight is 410 g/mol. The van der Waals surface area contributed by atoms with Crippen molar-refractivity contribution in [3.05, 3.63) is 89.5 Å². The summed E-state index contributed by atoms with van der Waals surface area (Å²) in [6.07, 6.45) is 0. The monoisotopic (exact) mass is 410 g/mol. The van der Waals surface area contributed by atoms with Crippen molar-refractivity contribution in [3.63, 3.8) is 0 Å². The molecular formula is C21H18N2O5S. The molecule has 0 unspecified atom stereocenters. The van der Waals surface area contributed by atoms with E-state index in [1.54, 1.807) is 24.3 Å². The maximum atomic E-state index is 12.5. The summed E-state index contributed by atoms with van der Waals surface area (Å²) in [6, 6.07) is 18.3. The zero-order valence-corrected chi connectivity index (χ0v) is 16.2. The van der Waals surface area contributed by atoms with Crippen LogP contribution in [0.1, 0.15) is 26.3 Å². The third-order valence-electron chi connectivity index (χ3n) is 4.11. The Morgan fingerprint density at radius 3 is 2.28 bits per heavy atom. The molecule has 29 heavy (non-hydrogen) atoms. The molecule has 0 heterocycles. The van der Waals surface area contributed by atoms with Crippen LogP contribution in [0, 0.1) is 6.92 Å². The standard InChI is InChI=1S/C21H18N2O5S/c1-14-9-11-17(12-10-14)29(27,28)23-16-6-4-5-15(13-16)20(24)22-19-8-3-2-7-18(19)21(25)26/h2-13,23H,1H3,(H,22,24)(H,25,26). The number of carbonyl (C=O) groups is 2. The molecular weight excluding hydrogens is 392 g/mol. The number of para-hydroxylation sites is 1. The number of carboxylic acid groups (broad SMARTS) is 1. The van der Waals surface area contributed by atoms with Crippen LogP contribution in [-0.2, 0) is 10.0 Å². The van der Waals surface area contributed by atoms with E-state index < -0.39 is 21.9 Å². The number of nitrogens with one attached hydrogen (secondary N) is 2. The van der Waals surface area contributed by atoms with Crippen molar-refractivity contribution in [3.8, 4) is 0 Å². The number of carbonyl (C=O) groups excluding carboxylic acids is 1. The SMILES string of the molecule is Cc1ccc(S(=O)(=O)Nc2cccc(C(=O)Nc3ccccc3C(=O)O)c2)cc1. The van der Waals surface area contributed by atoms with Gasteiger partial charge >= 0.3 is 5.97 Å². The van der Waals surface area contributed by atoms with Gasteiger partial charge in [0.15, 0.2) is 0 Å². The van der Waals surface area contributed by atoms with Gasteiger partial charge in [-0.15, -0.1) is 0 Å². The molecule has 0 atom stereocenters. The van der Waals surface area contributed by atoms with Crippen molar-refractivity contribution in [2.45, 2.75) is 11.8 Å². The van der Waals surface area contributed by atoms with Gasteiger partial charge in [-0.3, -0.25) is 9.52 Å². The maximum absolute atomic E-state index is 12.5. The van der Waals surface area contributed by atoms with Crippen LogP contribution in [0.25, 0.3) is 0 Å². The smallest absolute Gasteiger partial charge is 0.337 e. The van der Waals surface area contributed by atoms with Crippen LogP contribution in [0.5, 0.6) is 0 Å². The van der Waals surface area contributed by atoms with E-state index >= 15 is 0 Å². The summed E-state index contributed by atoms with van der Waals surface area (Å²) in [7, 11) is -3.81. The van der Waals surface area contributed by atoms with Crippen molar-refractivity contribution in [2.75, 3.05) is 10.0 Å². The number of benzene rings is 3. The molecule has 148 valence electrons. The Kier molecular flexibility index (Phi) is 5.65. The van der Waals surface area contributed by atoms with E-state index in [2.05, 4.69) is 10.0 Å². The third-order valence-corrected chi connectivity index (χ3v) is 5.51. The van der Waals surface area contributed by atoms with Gasteiger partial charge in [0.2, 0.25) is 0 Å². The van der Waals surface area contributed by atoms with Gasteiger partial charge in [0, 0.05) is 11.3 Å². The topological polar surface area (TPSA) is 113 Å². The van der Waals surface area contributed by atoms with Gasteiger partial charge in [-0.2, -0.15) is 0 Å². The molecule has 0 spiro atoms. The lowest BCUT2D eigenvalue weighted by molar-refractivity contribution is 0.0698. The fourth-order valence-electron chi connectivity index (χ4n) is 2.63. The molecule has 3 aromatic rings. The number of rotatable bonds is 6. The van der Waals surface area contributed by atoms with E-state index in [0.717, 1.165) is 5.56 Å². The first kappa shape index (κ1) is 20.1. The van der Waals surface area contributed by atoms with Crippen molar-refractivity contribution in [1.82, 2.24) is 0 Å². The number of aryl methyl sites for hydroxylation is 1. The predicted molar refractivity (Wildman–Crippen MR) is 110 cm³/mol. The zero-order chi connectivity index (χ0) is 21.0. The van der Waals surface area contributed by atoms with Crippen LogP contribution in [0.3, 0.4) is 0 Å². The summed E-state index contributed by atoms with van der Waals surface area (Å²) in [6.45, 7) is 1.86. The van der Waals surface area contributed by atoms with Crippen molar-refractivity contribution in [1.29, 1.82) is 0 Å². The van der Waals surface area contributed by atoms with Crippen LogP contribution in [0.4, 0.5) is 11.4 Å². The Morgan fingerprint density at radius 2 is 1.59 bits per heavy atom. The maximum Gasteiger partial charge on any atom is 0.337 e. The van der Waals surface area contributed by atoms with Gasteiger partial charge in [-0.25, -0.2) is 13.2 Å². The Balaban J connectivity index is 1.82. The minimum absolute atomic E-state index is 0.0444. The van der Waals surface area contributed by atoms with Crippen molar-refractivity contribution in [2.24, 2.45) is 0 Å². The Morgan fingerprint density at radius 1 is 0.897 bits per heavy atom. The second-order valence-corrected chi connectivity index (χ2v) is 7.99. The summed E-state index contributed by atoms with van der Waals surface area (Å²) < 4.78 is 27.5. The fourth-order valence-corrected chi connectivity index (χ4v) is 3.68. The van der Waals surface area contributed by atoms with Crippen LogP contribution in [0.2, 0.25) is 0 Å². The van der Waals surface area contributed by atoms with E-state index in [1.807, 2.05) is 6.92 Å². The molecule has 1 amide bonds. The average Bonchev–Trinajstić information content (AvgIpc) is 2.68. The molecule has 3 N–H and O–H groups in total. The minimum atomic E-state index is -3.81. The molecule has 0 radical (unpaired) electrons. The lowest BCUT2D eigenvalue weighted by atomic mass is 10.1. The van der Waals surface area contributed by atoms with Gasteiger partial charge < -0.3 is 10.4 Å². The highest BCUT2D eigenvalue weighted by Gasteiger charge is 2.16. The first-order valence-electron chi connectivity index (χ1n) is 8.59. The van der Waals surface area contributed by atoms with Crippen LogP contribution >= 0.6 is 0 Å². The highest BCUT2D eigenvalue weighted by atomic mass is 32.2. The first-order chi connectivity index (χ1) is 13.8. The number of anilines is 2. The van der Waals surface area contributed by atoms with Crippen molar-refractivity contribution < 1.29 is 23.1 Å². The molecule has 3 aromatic carbocycles. The molecule has 0 aromatic heterocycles. The Hall–Kier alpha value is -3.65. The summed E-state index contributed by atoms with van der Waals surface area (Å²) in [5.74, 6) is -1.73. The summed E-state index contributed by atoms with van der Waals surface area (Å²) in [5.41, 5.74) is 1.43. The number of hydrogen-bond donors (Lipinski definition) is 3. The fraction of sp³-hybridized carbons (Fsp3) is 0.0476. The van der Waals surface area contributed by atoms with Crippen LogP contribution in [-0.4, -0.2) is 25.4 Å². The van der Waals surface area contributed by atoms with E-state index in [0.29, 0.717) is 0 Å². The van der Waals surface area contributed by atoms with E-state index in [-0.39, 0.29) is 27.4 Å². The zero-order valence-electron chi connectivity index (χ0n) is 15.4. The Bertz CT molecular complexity index is 1170. The summed E-state index contributed by atoms with van der Waals surface area (Å²) in [5, 5.41) is 11.8. The van der Waals surface area contributed by atoms with E-state index in [4.69, 9.17) is 0 Å². The van der Waals surface area contributed by atoms with Crippen molar-refractivity contribution >= 4 is 33.3 Å². The number of carboxylic acids is 1. The summed E-state index contributed by atoms with van der Waals surface area (Å²) in [4.78, 5) is 23.9. The highest BCUT2D eigenvalue weighted by Crippen LogP contribution is 2.20. The van der Waals surface area contributed by atoms with Gasteiger partial charge in [0.25, 0.3) is 15.9 Å². The first-order valence-corrected chi connectivity index (χ1v) is 10.1. The third kappa shape index (κ3) is 4.80. The number of sulfonamides is 1. The minimum Gasteiger partial charge on any atom is -0.478 e. The van der Waals surface area contributed by atoms with E-state index in [9.17, 15) is 23.1 Å². The number of hydrogen-bond acceptors (Lipinski definition) is 4. The molecule has 8 heteroatoms. The molecule has 3 rings (SSSR count). The van der Waals surface area contributed by atoms with Gasteiger partial charge in [-0.1, -0.05) is 35.9 Å². The predicted octanol–water partition coefficient (Wildman–Crippen LogP) is 3.75. The largest absolute Gasteiger partial charge is 0.478 e. The van der Waals surface area contributed by atoms with Gasteiger partial charge in [0.1, 0.15) is 0 Å².